The highest BCUT2D eigenvalue weighted by Gasteiger charge is 2.40. The number of nitrogens with zero attached hydrogens (tertiary/aromatic N) is 3. The molecular formula is C26H27N3O5. The molecule has 4 heterocycles. The summed E-state index contributed by atoms with van der Waals surface area (Å²) in [5.41, 5.74) is 2.98. The van der Waals surface area contributed by atoms with Crippen molar-refractivity contribution in [3.05, 3.63) is 69.6 Å². The van der Waals surface area contributed by atoms with E-state index in [0.29, 0.717) is 49.8 Å². The molecule has 0 radical (unpaired) electrons. The van der Waals surface area contributed by atoms with Crippen molar-refractivity contribution in [2.45, 2.75) is 44.5 Å². The topological polar surface area (TPSA) is 82.9 Å². The zero-order valence-electron chi connectivity index (χ0n) is 19.1. The number of pyridine rings is 2. The highest BCUT2D eigenvalue weighted by Crippen LogP contribution is 2.27. The van der Waals surface area contributed by atoms with Gasteiger partial charge in [-0.15, -0.1) is 0 Å². The Bertz CT molecular complexity index is 1270. The molecule has 1 aromatic carbocycles. The molecule has 176 valence electrons. The lowest BCUT2D eigenvalue weighted by Gasteiger charge is -2.45. The van der Waals surface area contributed by atoms with Crippen LogP contribution in [0.1, 0.15) is 28.4 Å². The molecule has 0 unspecified atom stereocenters. The number of benzene rings is 1. The number of fused-ring (bicyclic) bond motifs is 4. The standard InChI is InChI=1S/C26H27N3O5/c1-2-28-11-23(26(31)29-18-12-32-14-19(29)15-33-13-18)24(30)22-9-21(10-27-25(22)28)34-20-7-16-5-3-4-6-17(16)8-20/h3-6,9-11,18-20H,2,7-8,12-15H2,1H3. The molecule has 2 saturated heterocycles. The predicted molar refractivity (Wildman–Crippen MR) is 125 cm³/mol. The average Bonchev–Trinajstić information content (AvgIpc) is 3.26. The zero-order valence-corrected chi connectivity index (χ0v) is 19.1. The van der Waals surface area contributed by atoms with Crippen LogP contribution in [0, 0.1) is 0 Å². The summed E-state index contributed by atoms with van der Waals surface area (Å²) in [5.74, 6) is 0.277. The lowest BCUT2D eigenvalue weighted by molar-refractivity contribution is -0.119. The lowest BCUT2D eigenvalue weighted by Crippen LogP contribution is -2.62. The Hall–Kier alpha value is -3.23. The van der Waals surface area contributed by atoms with Gasteiger partial charge in [0.05, 0.1) is 50.1 Å². The van der Waals surface area contributed by atoms with Crippen molar-refractivity contribution in [2.24, 2.45) is 0 Å². The number of amides is 1. The van der Waals surface area contributed by atoms with Gasteiger partial charge in [-0.25, -0.2) is 4.98 Å². The molecule has 8 nitrogen and oxygen atoms in total. The van der Waals surface area contributed by atoms with Crippen molar-refractivity contribution in [3.8, 4) is 5.75 Å². The summed E-state index contributed by atoms with van der Waals surface area (Å²) in [4.78, 5) is 33.5. The van der Waals surface area contributed by atoms with Crippen molar-refractivity contribution in [3.63, 3.8) is 0 Å². The maximum absolute atomic E-state index is 13.6. The fourth-order valence-corrected chi connectivity index (χ4v) is 5.37. The number of morpholine rings is 2. The molecule has 3 aromatic rings. The monoisotopic (exact) mass is 461 g/mol. The van der Waals surface area contributed by atoms with E-state index in [1.165, 1.54) is 11.1 Å². The molecule has 1 aliphatic carbocycles. The highest BCUT2D eigenvalue weighted by atomic mass is 16.5. The molecule has 0 spiro atoms. The molecule has 2 aliphatic heterocycles. The molecule has 2 bridgehead atoms. The summed E-state index contributed by atoms with van der Waals surface area (Å²) in [7, 11) is 0. The molecular weight excluding hydrogens is 434 g/mol. The van der Waals surface area contributed by atoms with Crippen molar-refractivity contribution in [1.29, 1.82) is 0 Å². The second kappa shape index (κ2) is 8.52. The van der Waals surface area contributed by atoms with E-state index in [-0.39, 0.29) is 35.1 Å². The summed E-state index contributed by atoms with van der Waals surface area (Å²) in [5, 5.41) is 0.398. The Morgan fingerprint density at radius 2 is 1.74 bits per heavy atom. The first-order valence-electron chi connectivity index (χ1n) is 11.9. The van der Waals surface area contributed by atoms with Crippen LogP contribution in [-0.4, -0.2) is 65.0 Å². The van der Waals surface area contributed by atoms with Gasteiger partial charge < -0.3 is 23.7 Å². The lowest BCUT2D eigenvalue weighted by atomic mass is 10.1. The SMILES string of the molecule is CCn1cc(C(=O)N2C3COCC2COC3)c(=O)c2cc(OC3Cc4ccccc4C3)cnc21. The fourth-order valence-electron chi connectivity index (χ4n) is 5.37. The van der Waals surface area contributed by atoms with Gasteiger partial charge in [-0.3, -0.25) is 9.59 Å². The van der Waals surface area contributed by atoms with Gasteiger partial charge in [0.15, 0.2) is 0 Å². The van der Waals surface area contributed by atoms with E-state index in [2.05, 4.69) is 17.1 Å². The number of aromatic nitrogens is 2. The highest BCUT2D eigenvalue weighted by molar-refractivity contribution is 5.97. The molecule has 8 heteroatoms. The molecule has 0 saturated carbocycles. The summed E-state index contributed by atoms with van der Waals surface area (Å²) < 4.78 is 19.3. The van der Waals surface area contributed by atoms with E-state index in [1.807, 2.05) is 23.6 Å². The molecule has 2 fully saturated rings. The molecule has 3 aliphatic rings. The van der Waals surface area contributed by atoms with Crippen LogP contribution in [-0.2, 0) is 28.9 Å². The minimum absolute atomic E-state index is 0.00240. The van der Waals surface area contributed by atoms with Crippen LogP contribution in [0.5, 0.6) is 5.75 Å². The maximum Gasteiger partial charge on any atom is 0.260 e. The van der Waals surface area contributed by atoms with Crippen LogP contribution in [0.4, 0.5) is 0 Å². The molecule has 2 aromatic heterocycles. The van der Waals surface area contributed by atoms with Crippen LogP contribution >= 0.6 is 0 Å². The second-order valence-corrected chi connectivity index (χ2v) is 9.21. The molecule has 34 heavy (non-hydrogen) atoms. The summed E-state index contributed by atoms with van der Waals surface area (Å²) in [6, 6.07) is 9.71. The number of aryl methyl sites for hydroxylation is 1. The quantitative estimate of drug-likeness (QED) is 0.593. The smallest absolute Gasteiger partial charge is 0.260 e. The zero-order chi connectivity index (χ0) is 23.2. The third-order valence-corrected chi connectivity index (χ3v) is 7.04. The summed E-state index contributed by atoms with van der Waals surface area (Å²) in [6.07, 6.45) is 4.96. The number of carbonyl (C=O) groups excluding carboxylic acids is 1. The van der Waals surface area contributed by atoms with Gasteiger partial charge in [0.1, 0.15) is 23.1 Å². The van der Waals surface area contributed by atoms with Gasteiger partial charge in [-0.05, 0) is 24.1 Å². The maximum atomic E-state index is 13.6. The van der Waals surface area contributed by atoms with Gasteiger partial charge in [0.25, 0.3) is 5.91 Å². The number of hydrogen-bond acceptors (Lipinski definition) is 6. The van der Waals surface area contributed by atoms with Crippen LogP contribution in [0.3, 0.4) is 0 Å². The normalized spacial score (nSPS) is 22.1. The third-order valence-electron chi connectivity index (χ3n) is 7.04. The molecule has 0 atom stereocenters. The van der Waals surface area contributed by atoms with Crippen molar-refractivity contribution in [2.75, 3.05) is 26.4 Å². The van der Waals surface area contributed by atoms with Gasteiger partial charge in [0.2, 0.25) is 5.43 Å². The van der Waals surface area contributed by atoms with Crippen molar-refractivity contribution < 1.29 is 19.0 Å². The Morgan fingerprint density at radius 3 is 2.35 bits per heavy atom. The van der Waals surface area contributed by atoms with Gasteiger partial charge in [-0.1, -0.05) is 24.3 Å². The van der Waals surface area contributed by atoms with E-state index in [9.17, 15) is 9.59 Å². The first-order valence-corrected chi connectivity index (χ1v) is 11.9. The Kier molecular flexibility index (Phi) is 5.34. The average molecular weight is 462 g/mol. The van der Waals surface area contributed by atoms with Gasteiger partial charge in [-0.2, -0.15) is 0 Å². The number of carbonyl (C=O) groups is 1. The summed E-state index contributed by atoms with van der Waals surface area (Å²) >= 11 is 0. The van der Waals surface area contributed by atoms with Gasteiger partial charge in [0, 0.05) is 25.6 Å². The minimum Gasteiger partial charge on any atom is -0.488 e. The Morgan fingerprint density at radius 1 is 1.09 bits per heavy atom. The van der Waals surface area contributed by atoms with Crippen LogP contribution in [0.2, 0.25) is 0 Å². The molecule has 0 N–H and O–H groups in total. The van der Waals surface area contributed by atoms with E-state index in [1.54, 1.807) is 23.4 Å². The van der Waals surface area contributed by atoms with Gasteiger partial charge >= 0.3 is 0 Å². The largest absolute Gasteiger partial charge is 0.488 e. The van der Waals surface area contributed by atoms with Crippen molar-refractivity contribution >= 4 is 16.9 Å². The van der Waals surface area contributed by atoms with Crippen LogP contribution in [0.25, 0.3) is 11.0 Å². The number of rotatable bonds is 4. The fraction of sp³-hybridized carbons (Fsp3) is 0.423. The predicted octanol–water partition coefficient (Wildman–Crippen LogP) is 2.20. The van der Waals surface area contributed by atoms with Crippen LogP contribution in [0.15, 0.2) is 47.5 Å². The first kappa shape index (κ1) is 21.3. The Labute approximate surface area is 197 Å². The van der Waals surface area contributed by atoms with E-state index < -0.39 is 0 Å². The van der Waals surface area contributed by atoms with E-state index >= 15 is 0 Å². The van der Waals surface area contributed by atoms with Crippen LogP contribution < -0.4 is 10.2 Å². The first-order chi connectivity index (χ1) is 16.6. The Balaban J connectivity index is 1.34. The third kappa shape index (κ3) is 3.58. The minimum atomic E-state index is -0.317. The number of hydrogen-bond donors (Lipinski definition) is 0. The molecule has 6 rings (SSSR count). The van der Waals surface area contributed by atoms with E-state index in [4.69, 9.17) is 14.2 Å². The van der Waals surface area contributed by atoms with E-state index in [0.717, 1.165) is 12.8 Å². The molecule has 1 amide bonds. The second-order valence-electron chi connectivity index (χ2n) is 9.21. The number of ether oxygens (including phenoxy) is 3. The summed E-state index contributed by atoms with van der Waals surface area (Å²) in [6.45, 7) is 4.23. The van der Waals surface area contributed by atoms with Crippen molar-refractivity contribution in [1.82, 2.24) is 14.5 Å².